The van der Waals surface area contributed by atoms with Gasteiger partial charge in [0.1, 0.15) is 11.3 Å². The number of pyridine rings is 1. The third kappa shape index (κ3) is 2.05. The van der Waals surface area contributed by atoms with Gasteiger partial charge in [-0.15, -0.1) is 0 Å². The monoisotopic (exact) mass is 269 g/mol. The van der Waals surface area contributed by atoms with Crippen LogP contribution in [0.3, 0.4) is 0 Å². The van der Waals surface area contributed by atoms with Crippen LogP contribution >= 0.6 is 0 Å². The predicted octanol–water partition coefficient (Wildman–Crippen LogP) is 1.37. The largest absolute Gasteiger partial charge is 0.478 e. The second-order valence-corrected chi connectivity index (χ2v) is 4.23. The fourth-order valence-corrected chi connectivity index (χ4v) is 1.89. The Balaban J connectivity index is 2.15. The molecule has 100 valence electrons. The normalized spacial score (nSPS) is 10.7. The van der Waals surface area contributed by atoms with E-state index < -0.39 is 5.97 Å². The first-order valence-corrected chi connectivity index (χ1v) is 5.88. The van der Waals surface area contributed by atoms with E-state index in [4.69, 9.17) is 0 Å². The summed E-state index contributed by atoms with van der Waals surface area (Å²) in [5, 5.41) is 17.6. The summed E-state index contributed by atoms with van der Waals surface area (Å²) >= 11 is 0. The third-order valence-corrected chi connectivity index (χ3v) is 2.81. The van der Waals surface area contributed by atoms with E-state index in [0.29, 0.717) is 17.1 Å². The molecule has 7 nitrogen and oxygen atoms in total. The number of aromatic nitrogens is 5. The molecule has 20 heavy (non-hydrogen) atoms. The van der Waals surface area contributed by atoms with Crippen molar-refractivity contribution in [3.63, 3.8) is 0 Å². The number of aromatic carboxylic acids is 1. The Bertz CT molecular complexity index is 760. The summed E-state index contributed by atoms with van der Waals surface area (Å²) in [5.74, 6) is -0.476. The average Bonchev–Trinajstić information content (AvgIpc) is 3.05. The molecule has 0 aliphatic heterocycles. The van der Waals surface area contributed by atoms with Gasteiger partial charge >= 0.3 is 5.97 Å². The van der Waals surface area contributed by atoms with Crippen molar-refractivity contribution in [2.75, 3.05) is 0 Å². The van der Waals surface area contributed by atoms with Gasteiger partial charge in [-0.1, -0.05) is 6.07 Å². The molecule has 0 amide bonds. The van der Waals surface area contributed by atoms with Crippen molar-refractivity contribution in [2.24, 2.45) is 7.05 Å². The minimum Gasteiger partial charge on any atom is -0.478 e. The number of hydrogen-bond donors (Lipinski definition) is 1. The van der Waals surface area contributed by atoms with Gasteiger partial charge in [0.15, 0.2) is 5.82 Å². The number of carboxylic acid groups (broad SMARTS) is 1. The summed E-state index contributed by atoms with van der Waals surface area (Å²) in [6.07, 6.45) is 6.38. The fourth-order valence-electron chi connectivity index (χ4n) is 1.89. The van der Waals surface area contributed by atoms with Gasteiger partial charge in [-0.25, -0.2) is 14.5 Å². The quantitative estimate of drug-likeness (QED) is 0.776. The third-order valence-electron chi connectivity index (χ3n) is 2.81. The van der Waals surface area contributed by atoms with Crippen molar-refractivity contribution >= 4 is 5.97 Å². The Hall–Kier alpha value is -2.96. The predicted molar refractivity (Wildman–Crippen MR) is 70.5 cm³/mol. The van der Waals surface area contributed by atoms with Crippen LogP contribution in [0.25, 0.3) is 17.1 Å². The summed E-state index contributed by atoms with van der Waals surface area (Å²) in [6.45, 7) is 0. The van der Waals surface area contributed by atoms with Crippen LogP contribution in [0.5, 0.6) is 0 Å². The maximum absolute atomic E-state index is 11.3. The number of aryl methyl sites for hydroxylation is 1. The lowest BCUT2D eigenvalue weighted by molar-refractivity contribution is 0.0697. The Morgan fingerprint density at radius 3 is 2.75 bits per heavy atom. The van der Waals surface area contributed by atoms with Gasteiger partial charge in [0.05, 0.1) is 6.20 Å². The lowest BCUT2D eigenvalue weighted by atomic mass is 10.1. The van der Waals surface area contributed by atoms with E-state index in [1.807, 2.05) is 6.07 Å². The zero-order valence-electron chi connectivity index (χ0n) is 10.6. The van der Waals surface area contributed by atoms with Gasteiger partial charge in [0, 0.05) is 31.2 Å². The number of hydrogen-bond acceptors (Lipinski definition) is 4. The van der Waals surface area contributed by atoms with E-state index in [0.717, 1.165) is 0 Å². The Kier molecular flexibility index (Phi) is 2.79. The molecule has 0 unspecified atom stereocenters. The molecule has 0 spiro atoms. The summed E-state index contributed by atoms with van der Waals surface area (Å²) < 4.78 is 3.05. The van der Waals surface area contributed by atoms with Gasteiger partial charge < -0.3 is 5.11 Å². The summed E-state index contributed by atoms with van der Waals surface area (Å²) in [7, 11) is 1.76. The highest BCUT2D eigenvalue weighted by molar-refractivity contribution is 5.94. The van der Waals surface area contributed by atoms with Crippen LogP contribution in [-0.2, 0) is 7.05 Å². The highest BCUT2D eigenvalue weighted by atomic mass is 16.4. The molecular weight excluding hydrogens is 258 g/mol. The van der Waals surface area contributed by atoms with Gasteiger partial charge in [0.25, 0.3) is 0 Å². The average molecular weight is 269 g/mol. The summed E-state index contributed by atoms with van der Waals surface area (Å²) in [6, 6.07) is 5.35. The van der Waals surface area contributed by atoms with E-state index in [2.05, 4.69) is 15.2 Å². The number of carboxylic acids is 1. The Morgan fingerprint density at radius 1 is 1.30 bits per heavy atom. The highest BCUT2D eigenvalue weighted by Gasteiger charge is 2.19. The molecule has 0 bridgehead atoms. The molecule has 3 heterocycles. The lowest BCUT2D eigenvalue weighted by Crippen LogP contribution is -1.97. The molecule has 7 heteroatoms. The first-order chi connectivity index (χ1) is 9.65. The number of carbonyl (C=O) groups is 1. The van der Waals surface area contributed by atoms with E-state index in [-0.39, 0.29) is 5.56 Å². The second kappa shape index (κ2) is 4.61. The molecule has 0 radical (unpaired) electrons. The molecule has 3 aromatic rings. The molecule has 0 atom stereocenters. The zero-order chi connectivity index (χ0) is 14.1. The highest BCUT2D eigenvalue weighted by Crippen LogP contribution is 2.22. The van der Waals surface area contributed by atoms with Crippen molar-refractivity contribution in [1.29, 1.82) is 0 Å². The van der Waals surface area contributed by atoms with Crippen molar-refractivity contribution in [1.82, 2.24) is 24.5 Å². The Labute approximate surface area is 114 Å². The molecule has 0 saturated heterocycles. The van der Waals surface area contributed by atoms with Crippen LogP contribution in [0.4, 0.5) is 0 Å². The van der Waals surface area contributed by atoms with E-state index in [9.17, 15) is 9.90 Å². The molecule has 0 saturated carbocycles. The van der Waals surface area contributed by atoms with E-state index in [1.54, 1.807) is 42.5 Å². The summed E-state index contributed by atoms with van der Waals surface area (Å²) in [4.78, 5) is 15.5. The van der Waals surface area contributed by atoms with Crippen LogP contribution in [-0.4, -0.2) is 35.6 Å². The van der Waals surface area contributed by atoms with Crippen molar-refractivity contribution in [3.05, 3.63) is 48.5 Å². The fraction of sp³-hybridized carbons (Fsp3) is 0.0769. The SMILES string of the molecule is Cn1cc(-c2nn(-c3ccccn3)cc2C(=O)O)cn1. The van der Waals surface area contributed by atoms with Crippen LogP contribution in [0.1, 0.15) is 10.4 Å². The molecule has 0 aliphatic rings. The zero-order valence-corrected chi connectivity index (χ0v) is 10.6. The topological polar surface area (TPSA) is 85.8 Å². The lowest BCUT2D eigenvalue weighted by Gasteiger charge is -1.97. The smallest absolute Gasteiger partial charge is 0.339 e. The standard InChI is InChI=1S/C13H11N5O2/c1-17-7-9(6-15-17)12-10(13(19)20)8-18(16-12)11-4-2-3-5-14-11/h2-8H,1H3,(H,19,20). The van der Waals surface area contributed by atoms with Crippen LogP contribution in [0, 0.1) is 0 Å². The minimum atomic E-state index is -1.04. The second-order valence-electron chi connectivity index (χ2n) is 4.23. The molecule has 3 rings (SSSR count). The maximum atomic E-state index is 11.3. The molecule has 0 aromatic carbocycles. The molecule has 0 fully saturated rings. The van der Waals surface area contributed by atoms with Crippen LogP contribution < -0.4 is 0 Å². The molecule has 0 aliphatic carbocycles. The van der Waals surface area contributed by atoms with E-state index >= 15 is 0 Å². The van der Waals surface area contributed by atoms with Gasteiger partial charge in [-0.2, -0.15) is 10.2 Å². The van der Waals surface area contributed by atoms with Gasteiger partial charge in [0.2, 0.25) is 0 Å². The van der Waals surface area contributed by atoms with Crippen LogP contribution in [0.2, 0.25) is 0 Å². The summed E-state index contributed by atoms with van der Waals surface area (Å²) in [5.41, 5.74) is 1.14. The number of nitrogens with zero attached hydrogens (tertiary/aromatic N) is 5. The van der Waals surface area contributed by atoms with Crippen molar-refractivity contribution < 1.29 is 9.90 Å². The maximum Gasteiger partial charge on any atom is 0.339 e. The molecule has 1 N–H and O–H groups in total. The number of rotatable bonds is 3. The Morgan fingerprint density at radius 2 is 2.15 bits per heavy atom. The molecule has 3 aromatic heterocycles. The van der Waals surface area contributed by atoms with Crippen molar-refractivity contribution in [2.45, 2.75) is 0 Å². The minimum absolute atomic E-state index is 0.114. The van der Waals surface area contributed by atoms with Crippen molar-refractivity contribution in [3.8, 4) is 17.1 Å². The van der Waals surface area contributed by atoms with Crippen LogP contribution in [0.15, 0.2) is 43.0 Å². The molecular formula is C13H11N5O2. The van der Waals surface area contributed by atoms with Gasteiger partial charge in [-0.05, 0) is 12.1 Å². The van der Waals surface area contributed by atoms with Gasteiger partial charge in [-0.3, -0.25) is 4.68 Å². The first kappa shape index (κ1) is 12.1. The van der Waals surface area contributed by atoms with E-state index in [1.165, 1.54) is 10.9 Å². The first-order valence-electron chi connectivity index (χ1n) is 5.88.